The minimum absolute atomic E-state index is 0.120. The smallest absolute Gasteiger partial charge is 0.343 e. The summed E-state index contributed by atoms with van der Waals surface area (Å²) in [6.45, 7) is -0.238. The molecule has 0 spiro atoms. The molecule has 3 rings (SSSR count). The SMILES string of the molecule is COC(=O)COc1ccccc1-c1ccc(Oc2ccc([N+](=O)[O-])cc2[N+](=O)[O-])cc1. The van der Waals surface area contributed by atoms with E-state index in [-0.39, 0.29) is 12.4 Å². The van der Waals surface area contributed by atoms with E-state index in [1.165, 1.54) is 13.2 Å². The maximum atomic E-state index is 11.3. The van der Waals surface area contributed by atoms with Gasteiger partial charge in [0.2, 0.25) is 5.75 Å². The van der Waals surface area contributed by atoms with Crippen LogP contribution in [0.4, 0.5) is 11.4 Å². The third-order valence-electron chi connectivity index (χ3n) is 4.20. The van der Waals surface area contributed by atoms with Crippen LogP contribution in [0.15, 0.2) is 66.7 Å². The Balaban J connectivity index is 1.83. The highest BCUT2D eigenvalue weighted by atomic mass is 16.6. The molecule has 10 nitrogen and oxygen atoms in total. The number of carbonyl (C=O) groups is 1. The Bertz CT molecular complexity index is 1130. The number of ether oxygens (including phenoxy) is 3. The second kappa shape index (κ2) is 9.35. The summed E-state index contributed by atoms with van der Waals surface area (Å²) in [4.78, 5) is 32.0. The average Bonchev–Trinajstić information content (AvgIpc) is 2.78. The predicted octanol–water partition coefficient (Wildman–Crippen LogP) is 4.51. The summed E-state index contributed by atoms with van der Waals surface area (Å²) in [6.07, 6.45) is 0. The molecule has 0 atom stereocenters. The van der Waals surface area contributed by atoms with E-state index in [1.807, 2.05) is 12.1 Å². The molecule has 10 heteroatoms. The molecule has 0 saturated heterocycles. The Labute approximate surface area is 175 Å². The first kappa shape index (κ1) is 21.2. The molecule has 0 N–H and O–H groups in total. The molecule has 31 heavy (non-hydrogen) atoms. The van der Waals surface area contributed by atoms with Gasteiger partial charge in [0.1, 0.15) is 11.5 Å². The number of carbonyl (C=O) groups excluding carboxylic acids is 1. The van der Waals surface area contributed by atoms with Gasteiger partial charge in [0.05, 0.1) is 23.0 Å². The van der Waals surface area contributed by atoms with Crippen molar-refractivity contribution in [3.05, 3.63) is 87.0 Å². The van der Waals surface area contributed by atoms with Gasteiger partial charge in [0.25, 0.3) is 5.69 Å². The van der Waals surface area contributed by atoms with Crippen LogP contribution in [0, 0.1) is 20.2 Å². The lowest BCUT2D eigenvalue weighted by atomic mass is 10.0. The van der Waals surface area contributed by atoms with Crippen LogP contribution in [0.5, 0.6) is 17.2 Å². The Morgan fingerprint density at radius 2 is 1.61 bits per heavy atom. The third kappa shape index (κ3) is 5.12. The summed E-state index contributed by atoms with van der Waals surface area (Å²) in [7, 11) is 1.27. The normalized spacial score (nSPS) is 10.2. The van der Waals surface area contributed by atoms with E-state index in [9.17, 15) is 25.0 Å². The van der Waals surface area contributed by atoms with Crippen LogP contribution in [0.2, 0.25) is 0 Å². The number of nitro benzene ring substituents is 2. The van der Waals surface area contributed by atoms with Gasteiger partial charge in [-0.2, -0.15) is 0 Å². The van der Waals surface area contributed by atoms with E-state index in [0.29, 0.717) is 11.5 Å². The lowest BCUT2D eigenvalue weighted by Crippen LogP contribution is -2.12. The molecule has 0 fully saturated rings. The summed E-state index contributed by atoms with van der Waals surface area (Å²) in [5.74, 6) is 0.148. The van der Waals surface area contributed by atoms with Crippen molar-refractivity contribution in [3.63, 3.8) is 0 Å². The second-order valence-corrected chi connectivity index (χ2v) is 6.15. The van der Waals surface area contributed by atoms with E-state index < -0.39 is 27.2 Å². The first-order chi connectivity index (χ1) is 14.9. The quantitative estimate of drug-likeness (QED) is 0.293. The van der Waals surface area contributed by atoms with E-state index in [1.54, 1.807) is 36.4 Å². The molecule has 158 valence electrons. The van der Waals surface area contributed by atoms with Crippen molar-refractivity contribution in [2.75, 3.05) is 13.7 Å². The zero-order valence-electron chi connectivity index (χ0n) is 16.2. The Morgan fingerprint density at radius 1 is 0.903 bits per heavy atom. The van der Waals surface area contributed by atoms with Gasteiger partial charge in [-0.1, -0.05) is 30.3 Å². The van der Waals surface area contributed by atoms with Gasteiger partial charge in [0.15, 0.2) is 6.61 Å². The van der Waals surface area contributed by atoms with Gasteiger partial charge in [-0.15, -0.1) is 0 Å². The number of non-ortho nitro benzene ring substituents is 1. The molecule has 0 unspecified atom stereocenters. The molecular weight excluding hydrogens is 408 g/mol. The molecule has 3 aromatic carbocycles. The number of rotatable bonds is 8. The van der Waals surface area contributed by atoms with Crippen molar-refractivity contribution in [2.45, 2.75) is 0 Å². The summed E-state index contributed by atoms with van der Waals surface area (Å²) in [5, 5.41) is 22.1. The lowest BCUT2D eigenvalue weighted by Gasteiger charge is -2.12. The number of para-hydroxylation sites is 1. The fourth-order valence-corrected chi connectivity index (χ4v) is 2.70. The van der Waals surface area contributed by atoms with Crippen LogP contribution in [0.3, 0.4) is 0 Å². The van der Waals surface area contributed by atoms with Crippen LogP contribution in [0.1, 0.15) is 0 Å². The van der Waals surface area contributed by atoms with Crippen LogP contribution in [-0.4, -0.2) is 29.5 Å². The average molecular weight is 424 g/mol. The Hall–Kier alpha value is -4.47. The van der Waals surface area contributed by atoms with Gasteiger partial charge in [-0.25, -0.2) is 4.79 Å². The van der Waals surface area contributed by atoms with Crippen molar-refractivity contribution < 1.29 is 28.9 Å². The number of benzene rings is 3. The minimum Gasteiger partial charge on any atom is -0.481 e. The number of nitro groups is 2. The minimum atomic E-state index is -0.744. The molecule has 3 aromatic rings. The van der Waals surface area contributed by atoms with E-state index in [2.05, 4.69) is 4.74 Å². The van der Waals surface area contributed by atoms with Crippen molar-refractivity contribution in [3.8, 4) is 28.4 Å². The topological polar surface area (TPSA) is 131 Å². The van der Waals surface area contributed by atoms with Crippen molar-refractivity contribution >= 4 is 17.3 Å². The lowest BCUT2D eigenvalue weighted by molar-refractivity contribution is -0.394. The van der Waals surface area contributed by atoms with Crippen molar-refractivity contribution in [1.29, 1.82) is 0 Å². The maximum Gasteiger partial charge on any atom is 0.343 e. The van der Waals surface area contributed by atoms with E-state index >= 15 is 0 Å². The molecule has 0 aromatic heterocycles. The fraction of sp³-hybridized carbons (Fsp3) is 0.0952. The van der Waals surface area contributed by atoms with Crippen LogP contribution in [0.25, 0.3) is 11.1 Å². The van der Waals surface area contributed by atoms with Gasteiger partial charge in [-0.3, -0.25) is 20.2 Å². The highest BCUT2D eigenvalue weighted by Gasteiger charge is 2.21. The summed E-state index contributed by atoms with van der Waals surface area (Å²) in [6, 6.07) is 16.9. The van der Waals surface area contributed by atoms with E-state index in [0.717, 1.165) is 23.3 Å². The molecular formula is C21H16N2O8. The molecule has 0 saturated carbocycles. The number of esters is 1. The van der Waals surface area contributed by atoms with Gasteiger partial charge < -0.3 is 14.2 Å². The molecule has 0 radical (unpaired) electrons. The van der Waals surface area contributed by atoms with E-state index in [4.69, 9.17) is 9.47 Å². The highest BCUT2D eigenvalue weighted by molar-refractivity contribution is 5.74. The molecule has 0 aliphatic heterocycles. The van der Waals surface area contributed by atoms with Crippen molar-refractivity contribution in [2.24, 2.45) is 0 Å². The summed E-state index contributed by atoms with van der Waals surface area (Å²) >= 11 is 0. The standard InChI is InChI=1S/C21H16N2O8/c1-29-21(24)13-30-19-5-3-2-4-17(19)14-6-9-16(10-7-14)31-20-11-8-15(22(25)26)12-18(20)23(27)28/h2-12H,13H2,1H3. The van der Waals surface area contributed by atoms with Crippen molar-refractivity contribution in [1.82, 2.24) is 0 Å². The zero-order valence-corrected chi connectivity index (χ0v) is 16.2. The second-order valence-electron chi connectivity index (χ2n) is 6.15. The van der Waals surface area contributed by atoms with Gasteiger partial charge in [-0.05, 0) is 29.8 Å². The number of hydrogen-bond donors (Lipinski definition) is 0. The molecule has 0 aliphatic carbocycles. The predicted molar refractivity (Wildman–Crippen MR) is 109 cm³/mol. The molecule has 0 heterocycles. The number of methoxy groups -OCH3 is 1. The largest absolute Gasteiger partial charge is 0.481 e. The molecule has 0 amide bonds. The summed E-state index contributed by atoms with van der Waals surface area (Å²) < 4.78 is 15.6. The number of nitrogens with zero attached hydrogens (tertiary/aromatic N) is 2. The van der Waals surface area contributed by atoms with Crippen LogP contribution >= 0.6 is 0 Å². The highest BCUT2D eigenvalue weighted by Crippen LogP contribution is 2.36. The van der Waals surface area contributed by atoms with Gasteiger partial charge in [0, 0.05) is 11.6 Å². The van der Waals surface area contributed by atoms with Crippen LogP contribution < -0.4 is 9.47 Å². The number of hydrogen-bond acceptors (Lipinski definition) is 8. The first-order valence-corrected chi connectivity index (χ1v) is 8.89. The summed E-state index contributed by atoms with van der Waals surface area (Å²) in [5.41, 5.74) is 0.558. The van der Waals surface area contributed by atoms with Crippen LogP contribution in [-0.2, 0) is 9.53 Å². The first-order valence-electron chi connectivity index (χ1n) is 8.89. The Kier molecular flexibility index (Phi) is 6.41. The molecule has 0 aliphatic rings. The maximum absolute atomic E-state index is 11.3. The van der Waals surface area contributed by atoms with Gasteiger partial charge >= 0.3 is 11.7 Å². The third-order valence-corrected chi connectivity index (χ3v) is 4.20. The molecule has 0 bridgehead atoms. The Morgan fingerprint density at radius 3 is 2.26 bits per heavy atom. The monoisotopic (exact) mass is 424 g/mol. The fourth-order valence-electron chi connectivity index (χ4n) is 2.70. The zero-order chi connectivity index (χ0) is 22.4.